The summed E-state index contributed by atoms with van der Waals surface area (Å²) in [6, 6.07) is 12.2. The van der Waals surface area contributed by atoms with Gasteiger partial charge in [-0.1, -0.05) is 30.7 Å². The predicted octanol–water partition coefficient (Wildman–Crippen LogP) is 3.88. The van der Waals surface area contributed by atoms with Gasteiger partial charge in [0.15, 0.2) is 0 Å². The van der Waals surface area contributed by atoms with Gasteiger partial charge in [0, 0.05) is 17.8 Å². The van der Waals surface area contributed by atoms with Crippen LogP contribution in [-0.4, -0.2) is 18.1 Å². The molecular weight excluding hydrogens is 274 g/mol. The Balaban J connectivity index is 2.27. The average molecular weight is 290 g/mol. The van der Waals surface area contributed by atoms with Gasteiger partial charge in [0.25, 0.3) is 5.91 Å². The third-order valence-electron chi connectivity index (χ3n) is 3.23. The second kappa shape index (κ2) is 5.97. The standard InChI is InChI=1S/C16H16ClNO2/c1-3-11-4-7-13(8-5-11)18(2)16(20)14-9-6-12(17)10-15(14)19/h4-10,19H,3H2,1-2H3. The summed E-state index contributed by atoms with van der Waals surface area (Å²) in [5.41, 5.74) is 2.22. The molecule has 0 aliphatic heterocycles. The molecule has 20 heavy (non-hydrogen) atoms. The van der Waals surface area contributed by atoms with E-state index in [1.807, 2.05) is 24.3 Å². The molecule has 0 radical (unpaired) electrons. The summed E-state index contributed by atoms with van der Waals surface area (Å²) in [5, 5.41) is 10.2. The molecule has 2 rings (SSSR count). The molecule has 0 spiro atoms. The van der Waals surface area contributed by atoms with Gasteiger partial charge < -0.3 is 10.0 Å². The molecule has 104 valence electrons. The van der Waals surface area contributed by atoms with Crippen LogP contribution in [0.4, 0.5) is 5.69 Å². The highest BCUT2D eigenvalue weighted by Crippen LogP contribution is 2.25. The second-order valence-corrected chi connectivity index (χ2v) is 4.98. The number of amides is 1. The average Bonchev–Trinajstić information content (AvgIpc) is 2.46. The van der Waals surface area contributed by atoms with E-state index in [1.165, 1.54) is 22.6 Å². The van der Waals surface area contributed by atoms with Crippen LogP contribution in [0.2, 0.25) is 5.02 Å². The predicted molar refractivity (Wildman–Crippen MR) is 81.7 cm³/mol. The van der Waals surface area contributed by atoms with E-state index < -0.39 is 0 Å². The van der Waals surface area contributed by atoms with Crippen molar-refractivity contribution in [3.63, 3.8) is 0 Å². The maximum Gasteiger partial charge on any atom is 0.261 e. The Morgan fingerprint density at radius 2 is 1.85 bits per heavy atom. The van der Waals surface area contributed by atoms with Gasteiger partial charge in [-0.2, -0.15) is 0 Å². The Bertz CT molecular complexity index is 623. The summed E-state index contributed by atoms with van der Waals surface area (Å²) in [5.74, 6) is -0.386. The van der Waals surface area contributed by atoms with Crippen LogP contribution < -0.4 is 4.90 Å². The molecular formula is C16H16ClNO2. The van der Waals surface area contributed by atoms with Crippen LogP contribution in [0.25, 0.3) is 0 Å². The molecule has 0 atom stereocenters. The lowest BCUT2D eigenvalue weighted by Crippen LogP contribution is -2.26. The molecule has 4 heteroatoms. The lowest BCUT2D eigenvalue weighted by Gasteiger charge is -2.18. The van der Waals surface area contributed by atoms with Crippen LogP contribution in [-0.2, 0) is 6.42 Å². The molecule has 0 aliphatic carbocycles. The zero-order valence-corrected chi connectivity index (χ0v) is 12.2. The number of phenolic OH excluding ortho intramolecular Hbond substituents is 1. The first-order valence-corrected chi connectivity index (χ1v) is 6.76. The van der Waals surface area contributed by atoms with Gasteiger partial charge in [-0.3, -0.25) is 4.79 Å². The summed E-state index contributed by atoms with van der Waals surface area (Å²) >= 11 is 5.77. The first kappa shape index (κ1) is 14.4. The van der Waals surface area contributed by atoms with E-state index in [1.54, 1.807) is 13.1 Å². The molecule has 1 amide bonds. The highest BCUT2D eigenvalue weighted by molar-refractivity contribution is 6.31. The van der Waals surface area contributed by atoms with Gasteiger partial charge >= 0.3 is 0 Å². The minimum Gasteiger partial charge on any atom is -0.507 e. The van der Waals surface area contributed by atoms with E-state index in [0.717, 1.165) is 12.1 Å². The number of benzene rings is 2. The fourth-order valence-corrected chi connectivity index (χ4v) is 2.11. The normalized spacial score (nSPS) is 10.3. The summed E-state index contributed by atoms with van der Waals surface area (Å²) in [7, 11) is 1.68. The lowest BCUT2D eigenvalue weighted by atomic mass is 10.1. The molecule has 0 aliphatic rings. The monoisotopic (exact) mass is 289 g/mol. The maximum absolute atomic E-state index is 12.4. The SMILES string of the molecule is CCc1ccc(N(C)C(=O)c2ccc(Cl)cc2O)cc1. The topological polar surface area (TPSA) is 40.5 Å². The number of anilines is 1. The van der Waals surface area contributed by atoms with Crippen LogP contribution in [0.3, 0.4) is 0 Å². The molecule has 2 aromatic rings. The van der Waals surface area contributed by atoms with Gasteiger partial charge in [0.1, 0.15) is 5.75 Å². The van der Waals surface area contributed by atoms with Crippen molar-refractivity contribution in [2.24, 2.45) is 0 Å². The molecule has 0 fully saturated rings. The van der Waals surface area contributed by atoms with Crippen molar-refractivity contribution < 1.29 is 9.90 Å². The van der Waals surface area contributed by atoms with E-state index in [-0.39, 0.29) is 17.2 Å². The number of aryl methyl sites for hydroxylation is 1. The van der Waals surface area contributed by atoms with E-state index >= 15 is 0 Å². The fraction of sp³-hybridized carbons (Fsp3) is 0.188. The van der Waals surface area contributed by atoms with Crippen molar-refractivity contribution in [1.82, 2.24) is 0 Å². The molecule has 0 heterocycles. The minimum atomic E-state index is -0.275. The number of phenols is 1. The van der Waals surface area contributed by atoms with E-state index in [4.69, 9.17) is 11.6 Å². The van der Waals surface area contributed by atoms with Crippen molar-refractivity contribution in [2.75, 3.05) is 11.9 Å². The Morgan fingerprint density at radius 1 is 1.20 bits per heavy atom. The second-order valence-electron chi connectivity index (χ2n) is 4.55. The highest BCUT2D eigenvalue weighted by Gasteiger charge is 2.17. The number of rotatable bonds is 3. The molecule has 2 aromatic carbocycles. The Morgan fingerprint density at radius 3 is 2.40 bits per heavy atom. The van der Waals surface area contributed by atoms with E-state index in [2.05, 4.69) is 6.92 Å². The largest absolute Gasteiger partial charge is 0.507 e. The summed E-state index contributed by atoms with van der Waals surface area (Å²) in [6.07, 6.45) is 0.954. The van der Waals surface area contributed by atoms with Gasteiger partial charge in [0.05, 0.1) is 5.56 Å². The minimum absolute atomic E-state index is 0.112. The zero-order valence-electron chi connectivity index (χ0n) is 11.4. The van der Waals surface area contributed by atoms with Crippen molar-refractivity contribution in [3.8, 4) is 5.75 Å². The number of carbonyl (C=O) groups excluding carboxylic acids is 1. The fourth-order valence-electron chi connectivity index (χ4n) is 1.94. The number of halogens is 1. The number of hydrogen-bond acceptors (Lipinski definition) is 2. The molecule has 0 aromatic heterocycles. The van der Waals surface area contributed by atoms with Gasteiger partial charge in [-0.15, -0.1) is 0 Å². The Labute approximate surface area is 123 Å². The van der Waals surface area contributed by atoms with Gasteiger partial charge in [-0.25, -0.2) is 0 Å². The first-order valence-electron chi connectivity index (χ1n) is 6.38. The molecule has 1 N–H and O–H groups in total. The van der Waals surface area contributed by atoms with E-state index in [0.29, 0.717) is 5.02 Å². The Kier molecular flexibility index (Phi) is 4.30. The van der Waals surface area contributed by atoms with Gasteiger partial charge in [0.2, 0.25) is 0 Å². The van der Waals surface area contributed by atoms with Crippen LogP contribution in [0, 0.1) is 0 Å². The summed E-state index contributed by atoms with van der Waals surface area (Å²) in [4.78, 5) is 13.9. The number of carbonyl (C=O) groups is 1. The smallest absolute Gasteiger partial charge is 0.261 e. The van der Waals surface area contributed by atoms with Crippen LogP contribution in [0.1, 0.15) is 22.8 Å². The molecule has 0 saturated carbocycles. The summed E-state index contributed by atoms with van der Waals surface area (Å²) < 4.78 is 0. The Hall–Kier alpha value is -2.00. The van der Waals surface area contributed by atoms with Crippen molar-refractivity contribution in [1.29, 1.82) is 0 Å². The quantitative estimate of drug-likeness (QED) is 0.931. The zero-order chi connectivity index (χ0) is 14.7. The number of aromatic hydroxyl groups is 1. The molecule has 0 saturated heterocycles. The van der Waals surface area contributed by atoms with Crippen molar-refractivity contribution in [3.05, 3.63) is 58.6 Å². The van der Waals surface area contributed by atoms with Gasteiger partial charge in [-0.05, 0) is 42.3 Å². The first-order chi connectivity index (χ1) is 9.52. The van der Waals surface area contributed by atoms with Crippen molar-refractivity contribution in [2.45, 2.75) is 13.3 Å². The molecule has 3 nitrogen and oxygen atoms in total. The third kappa shape index (κ3) is 2.94. The van der Waals surface area contributed by atoms with Crippen LogP contribution >= 0.6 is 11.6 Å². The summed E-state index contributed by atoms with van der Waals surface area (Å²) in [6.45, 7) is 2.08. The van der Waals surface area contributed by atoms with Crippen LogP contribution in [0.5, 0.6) is 5.75 Å². The van der Waals surface area contributed by atoms with E-state index in [9.17, 15) is 9.90 Å². The number of nitrogens with zero attached hydrogens (tertiary/aromatic N) is 1. The highest BCUT2D eigenvalue weighted by atomic mass is 35.5. The lowest BCUT2D eigenvalue weighted by molar-refractivity contribution is 0.0990. The molecule has 0 bridgehead atoms. The third-order valence-corrected chi connectivity index (χ3v) is 3.46. The number of hydrogen-bond donors (Lipinski definition) is 1. The van der Waals surface area contributed by atoms with Crippen molar-refractivity contribution >= 4 is 23.2 Å². The maximum atomic E-state index is 12.4. The molecule has 0 unspecified atom stereocenters. The van der Waals surface area contributed by atoms with Crippen LogP contribution in [0.15, 0.2) is 42.5 Å².